The van der Waals surface area contributed by atoms with Crippen LogP contribution in [0.1, 0.15) is 45.8 Å². The Morgan fingerprint density at radius 2 is 1.89 bits per heavy atom. The van der Waals surface area contributed by atoms with Crippen LogP contribution in [0.2, 0.25) is 5.02 Å². The molecular weight excluding hydrogens is 478 g/mol. The van der Waals surface area contributed by atoms with Crippen molar-refractivity contribution in [1.29, 1.82) is 0 Å². The number of carboxylic acids is 1. The summed E-state index contributed by atoms with van der Waals surface area (Å²) in [5, 5.41) is 20.5. The highest BCUT2D eigenvalue weighted by atomic mass is 35.5. The molecule has 0 fully saturated rings. The average molecular weight is 504 g/mol. The number of fused-ring (bicyclic) bond motifs is 1. The van der Waals surface area contributed by atoms with Crippen LogP contribution in [0.3, 0.4) is 0 Å². The zero-order chi connectivity index (χ0) is 25.5. The van der Waals surface area contributed by atoms with Crippen molar-refractivity contribution >= 4 is 40.6 Å². The minimum absolute atomic E-state index is 0.00217. The molecule has 1 atom stereocenters. The summed E-state index contributed by atoms with van der Waals surface area (Å²) in [6.07, 6.45) is 3.51. The normalized spacial score (nSPS) is 12.2. The van der Waals surface area contributed by atoms with Crippen LogP contribution in [0.5, 0.6) is 5.75 Å². The van der Waals surface area contributed by atoms with E-state index in [-0.39, 0.29) is 24.5 Å². The van der Waals surface area contributed by atoms with Gasteiger partial charge < -0.3 is 19.7 Å². The van der Waals surface area contributed by atoms with E-state index in [1.165, 1.54) is 6.07 Å². The molecule has 1 heterocycles. The number of carbonyl (C=O) groups is 1. The summed E-state index contributed by atoms with van der Waals surface area (Å²) >= 11 is 6.10. The molecule has 7 heteroatoms. The Morgan fingerprint density at radius 1 is 1.06 bits per heavy atom. The van der Waals surface area contributed by atoms with Gasteiger partial charge in [0.1, 0.15) is 24.0 Å². The Kier molecular flexibility index (Phi) is 8.33. The quantitative estimate of drug-likeness (QED) is 0.260. The van der Waals surface area contributed by atoms with E-state index in [9.17, 15) is 15.0 Å². The predicted octanol–water partition coefficient (Wildman–Crippen LogP) is 6.41. The third-order valence-electron chi connectivity index (χ3n) is 5.62. The number of hydrogen-bond acceptors (Lipinski definition) is 5. The van der Waals surface area contributed by atoms with Crippen molar-refractivity contribution in [3.05, 3.63) is 106 Å². The lowest BCUT2D eigenvalue weighted by Gasteiger charge is -2.19. The van der Waals surface area contributed by atoms with Crippen molar-refractivity contribution in [2.75, 3.05) is 13.2 Å². The molecule has 2 N–H and O–H groups in total. The fourth-order valence-electron chi connectivity index (χ4n) is 3.82. The second kappa shape index (κ2) is 11.8. The number of rotatable bonds is 10. The van der Waals surface area contributed by atoms with E-state index in [1.54, 1.807) is 12.1 Å². The molecule has 0 radical (unpaired) electrons. The average Bonchev–Trinajstić information content (AvgIpc) is 2.89. The Bertz CT molecular complexity index is 1400. The molecule has 4 rings (SSSR count). The molecule has 0 saturated carbocycles. The zero-order valence-corrected chi connectivity index (χ0v) is 20.5. The minimum atomic E-state index is -1.12. The van der Waals surface area contributed by atoms with Crippen LogP contribution < -0.4 is 4.74 Å². The third kappa shape index (κ3) is 6.29. The zero-order valence-electron chi connectivity index (χ0n) is 19.7. The van der Waals surface area contributed by atoms with Crippen molar-refractivity contribution in [2.24, 2.45) is 0 Å². The number of hydrogen-bond donors (Lipinski definition) is 2. The van der Waals surface area contributed by atoms with Gasteiger partial charge in [-0.2, -0.15) is 0 Å². The fraction of sp³-hybridized carbons (Fsp3) is 0.172. The molecule has 184 valence electrons. The summed E-state index contributed by atoms with van der Waals surface area (Å²) in [5.41, 5.74) is 4.01. The van der Waals surface area contributed by atoms with E-state index in [4.69, 9.17) is 21.1 Å². The van der Waals surface area contributed by atoms with Crippen molar-refractivity contribution in [3.8, 4) is 5.75 Å². The summed E-state index contributed by atoms with van der Waals surface area (Å²) in [7, 11) is 0. The third-order valence-corrected chi connectivity index (χ3v) is 5.85. The Hall–Kier alpha value is -3.71. The van der Waals surface area contributed by atoms with Gasteiger partial charge in [0, 0.05) is 17.0 Å². The van der Waals surface area contributed by atoms with Crippen LogP contribution in [-0.4, -0.2) is 34.4 Å². The van der Waals surface area contributed by atoms with Gasteiger partial charge in [-0.1, -0.05) is 54.1 Å². The van der Waals surface area contributed by atoms with Crippen LogP contribution in [0.25, 0.3) is 23.1 Å². The summed E-state index contributed by atoms with van der Waals surface area (Å²) < 4.78 is 11.8. The molecule has 0 aliphatic heterocycles. The molecule has 6 nitrogen and oxygen atoms in total. The van der Waals surface area contributed by atoms with Gasteiger partial charge in [-0.15, -0.1) is 0 Å². The van der Waals surface area contributed by atoms with E-state index < -0.39 is 12.1 Å². The monoisotopic (exact) mass is 503 g/mol. The lowest BCUT2D eigenvalue weighted by molar-refractivity contribution is 0.0260. The Balaban J connectivity index is 1.52. The van der Waals surface area contributed by atoms with Gasteiger partial charge in [-0.3, -0.25) is 0 Å². The number of benzene rings is 3. The maximum absolute atomic E-state index is 11.6. The maximum Gasteiger partial charge on any atom is 0.339 e. The molecule has 4 aromatic rings. The van der Waals surface area contributed by atoms with Crippen molar-refractivity contribution in [2.45, 2.75) is 19.6 Å². The van der Waals surface area contributed by atoms with Crippen LogP contribution in [-0.2, 0) is 11.3 Å². The van der Waals surface area contributed by atoms with Gasteiger partial charge in [-0.25, -0.2) is 9.78 Å². The lowest BCUT2D eigenvalue weighted by atomic mass is 10.1. The van der Waals surface area contributed by atoms with Crippen molar-refractivity contribution < 1.29 is 24.5 Å². The molecule has 0 bridgehead atoms. The van der Waals surface area contributed by atoms with Crippen molar-refractivity contribution in [1.82, 2.24) is 4.98 Å². The topological polar surface area (TPSA) is 88.9 Å². The molecule has 1 unspecified atom stereocenters. The molecule has 1 aromatic heterocycles. The smallest absolute Gasteiger partial charge is 0.339 e. The van der Waals surface area contributed by atoms with E-state index >= 15 is 0 Å². The van der Waals surface area contributed by atoms with Crippen LogP contribution >= 0.6 is 11.6 Å². The molecular formula is C29H26ClNO5. The first kappa shape index (κ1) is 25.4. The van der Waals surface area contributed by atoms with Gasteiger partial charge in [0.15, 0.2) is 0 Å². The molecule has 3 aromatic carbocycles. The summed E-state index contributed by atoms with van der Waals surface area (Å²) in [6, 6.07) is 22.1. The number of pyridine rings is 1. The minimum Gasteiger partial charge on any atom is -0.490 e. The number of aliphatic hydroxyl groups is 1. The molecule has 0 amide bonds. The van der Waals surface area contributed by atoms with E-state index in [2.05, 4.69) is 4.98 Å². The summed E-state index contributed by atoms with van der Waals surface area (Å²) in [4.78, 5) is 16.3. The number of nitrogens with zero attached hydrogens (tertiary/aromatic N) is 1. The highest BCUT2D eigenvalue weighted by Gasteiger charge is 2.17. The van der Waals surface area contributed by atoms with Gasteiger partial charge in [-0.05, 0) is 66.1 Å². The molecule has 36 heavy (non-hydrogen) atoms. The summed E-state index contributed by atoms with van der Waals surface area (Å²) in [6.45, 7) is 2.25. The molecule has 0 spiro atoms. The molecule has 0 saturated heterocycles. The fourth-order valence-corrected chi connectivity index (χ4v) is 3.99. The second-order valence-corrected chi connectivity index (χ2v) is 8.56. The van der Waals surface area contributed by atoms with Crippen LogP contribution in [0.15, 0.2) is 72.8 Å². The number of aliphatic hydroxyl groups excluding tert-OH is 1. The maximum atomic E-state index is 11.6. The number of ether oxygens (including phenoxy) is 2. The summed E-state index contributed by atoms with van der Waals surface area (Å²) in [5.74, 6) is -0.895. The van der Waals surface area contributed by atoms with E-state index in [0.717, 1.165) is 27.7 Å². The first-order valence-electron chi connectivity index (χ1n) is 11.5. The molecule has 0 aliphatic rings. The van der Waals surface area contributed by atoms with Crippen LogP contribution in [0.4, 0.5) is 0 Å². The first-order chi connectivity index (χ1) is 17.5. The van der Waals surface area contributed by atoms with Crippen LogP contribution in [0, 0.1) is 0 Å². The molecule has 0 aliphatic carbocycles. The number of aromatic carboxylic acids is 1. The van der Waals surface area contributed by atoms with E-state index in [1.807, 2.05) is 73.7 Å². The van der Waals surface area contributed by atoms with Crippen molar-refractivity contribution in [3.63, 3.8) is 0 Å². The van der Waals surface area contributed by atoms with Gasteiger partial charge >= 0.3 is 5.97 Å². The van der Waals surface area contributed by atoms with Gasteiger partial charge in [0.05, 0.1) is 17.8 Å². The van der Waals surface area contributed by atoms with Gasteiger partial charge in [0.25, 0.3) is 0 Å². The number of aromatic nitrogens is 1. The highest BCUT2D eigenvalue weighted by molar-refractivity contribution is 6.31. The van der Waals surface area contributed by atoms with Gasteiger partial charge in [0.2, 0.25) is 0 Å². The lowest BCUT2D eigenvalue weighted by Crippen LogP contribution is -2.15. The highest BCUT2D eigenvalue weighted by Crippen LogP contribution is 2.25. The largest absolute Gasteiger partial charge is 0.490 e. The number of carboxylic acid groups (broad SMARTS) is 1. The predicted molar refractivity (Wildman–Crippen MR) is 141 cm³/mol. The Morgan fingerprint density at radius 3 is 2.67 bits per heavy atom. The standard InChI is InChI=1S/C29H26ClNO5/c1-2-35-28(18-36-27-13-7-20(17-32)15-25(27)29(33)34)22-5-3-4-19(14-22)6-11-24-12-9-21-8-10-23(30)16-26(21)31-24/h3-16,28,32H,2,17-18H2,1H3,(H,33,34)/b11-6+. The number of halogens is 1. The second-order valence-electron chi connectivity index (χ2n) is 8.13. The Labute approximate surface area is 214 Å². The first-order valence-corrected chi connectivity index (χ1v) is 11.9. The van der Waals surface area contributed by atoms with E-state index in [0.29, 0.717) is 17.2 Å². The SMILES string of the molecule is CCOC(COc1ccc(CO)cc1C(=O)O)c1cccc(/C=C/c2ccc3ccc(Cl)cc3n2)c1.